The maximum Gasteiger partial charge on any atom is 0.417 e. The fraction of sp³-hybridized carbons (Fsp3) is 0.370. The molecule has 1 saturated heterocycles. The highest BCUT2D eigenvalue weighted by Gasteiger charge is 2.42. The highest BCUT2D eigenvalue weighted by Crippen LogP contribution is 2.42. The Hall–Kier alpha value is -3.28. The summed E-state index contributed by atoms with van der Waals surface area (Å²) in [6.07, 6.45) is 4.84. The monoisotopic (exact) mass is 446 g/mol. The van der Waals surface area contributed by atoms with Crippen LogP contribution >= 0.6 is 0 Å². The first-order valence-electron chi connectivity index (χ1n) is 11.6. The van der Waals surface area contributed by atoms with Gasteiger partial charge in [0.15, 0.2) is 0 Å². The molecule has 2 amide bonds. The van der Waals surface area contributed by atoms with E-state index in [0.717, 1.165) is 47.7 Å². The number of nitrogens with zero attached hydrogens (tertiary/aromatic N) is 2. The molecule has 1 aliphatic heterocycles. The van der Waals surface area contributed by atoms with Crippen molar-refractivity contribution in [3.8, 4) is 0 Å². The van der Waals surface area contributed by atoms with Gasteiger partial charge in [-0.2, -0.15) is 0 Å². The molecular weight excluding hydrogens is 419 g/mol. The molecule has 0 N–H and O–H groups in total. The predicted molar refractivity (Wildman–Crippen MR) is 123 cm³/mol. The van der Waals surface area contributed by atoms with Gasteiger partial charge in [0.05, 0.1) is 5.52 Å². The third-order valence-electron chi connectivity index (χ3n) is 7.34. The molecule has 1 saturated carbocycles. The molecule has 1 unspecified atom stereocenters. The van der Waals surface area contributed by atoms with Gasteiger partial charge >= 0.3 is 6.09 Å². The standard InChI is InChI=1S/C27H27FN2O3/c1-17(26(31)30-25(16-33-27(30)32)20-5-3-2-4-6-20)18-7-9-19(10-8-18)22-13-14-29-24-12-11-21(28)15-23(22)24/h2-6,11-15,17-19,25H,7-10,16H2,1H3/t17?,18-,19+,25-/m0/s1. The van der Waals surface area contributed by atoms with Crippen molar-refractivity contribution in [2.24, 2.45) is 11.8 Å². The number of fused-ring (bicyclic) bond motifs is 1. The van der Waals surface area contributed by atoms with Crippen molar-refractivity contribution in [1.29, 1.82) is 0 Å². The molecule has 5 nitrogen and oxygen atoms in total. The molecular formula is C27H27FN2O3. The van der Waals surface area contributed by atoms with Crippen LogP contribution in [0.15, 0.2) is 60.8 Å². The molecule has 3 aromatic rings. The van der Waals surface area contributed by atoms with Crippen molar-refractivity contribution in [1.82, 2.24) is 9.88 Å². The Morgan fingerprint density at radius 2 is 1.85 bits per heavy atom. The highest BCUT2D eigenvalue weighted by atomic mass is 19.1. The number of halogens is 1. The summed E-state index contributed by atoms with van der Waals surface area (Å²) in [5, 5.41) is 0.871. The lowest BCUT2D eigenvalue weighted by molar-refractivity contribution is -0.135. The topological polar surface area (TPSA) is 59.5 Å². The van der Waals surface area contributed by atoms with Crippen LogP contribution in [0.3, 0.4) is 0 Å². The summed E-state index contributed by atoms with van der Waals surface area (Å²) >= 11 is 0. The molecule has 6 heteroatoms. The maximum absolute atomic E-state index is 13.9. The third kappa shape index (κ3) is 4.10. The number of rotatable bonds is 4. The summed E-state index contributed by atoms with van der Waals surface area (Å²) in [4.78, 5) is 31.5. The number of pyridine rings is 1. The number of cyclic esters (lactones) is 1. The first-order valence-corrected chi connectivity index (χ1v) is 11.6. The second-order valence-corrected chi connectivity index (χ2v) is 9.17. The van der Waals surface area contributed by atoms with Crippen LogP contribution in [-0.2, 0) is 9.53 Å². The van der Waals surface area contributed by atoms with E-state index in [1.54, 1.807) is 18.3 Å². The van der Waals surface area contributed by atoms with Gasteiger partial charge in [-0.1, -0.05) is 37.3 Å². The van der Waals surface area contributed by atoms with Gasteiger partial charge in [-0.25, -0.2) is 14.1 Å². The molecule has 2 fully saturated rings. The van der Waals surface area contributed by atoms with Crippen molar-refractivity contribution < 1.29 is 18.7 Å². The summed E-state index contributed by atoms with van der Waals surface area (Å²) in [5.74, 6) is -0.177. The number of hydrogen-bond acceptors (Lipinski definition) is 4. The number of aromatic nitrogens is 1. The van der Waals surface area contributed by atoms with Gasteiger partial charge in [0.25, 0.3) is 0 Å². The lowest BCUT2D eigenvalue weighted by Gasteiger charge is -2.34. The van der Waals surface area contributed by atoms with Crippen molar-refractivity contribution in [2.45, 2.75) is 44.6 Å². The van der Waals surface area contributed by atoms with Gasteiger partial charge in [0.2, 0.25) is 5.91 Å². The quantitative estimate of drug-likeness (QED) is 0.493. The number of amides is 2. The Labute approximate surface area is 192 Å². The fourth-order valence-electron chi connectivity index (χ4n) is 5.43. The minimum absolute atomic E-state index is 0.161. The Balaban J connectivity index is 1.29. The van der Waals surface area contributed by atoms with E-state index in [4.69, 9.17) is 4.74 Å². The molecule has 2 aromatic carbocycles. The average Bonchev–Trinajstić information content (AvgIpc) is 3.24. The van der Waals surface area contributed by atoms with Crippen molar-refractivity contribution in [3.63, 3.8) is 0 Å². The third-order valence-corrected chi connectivity index (χ3v) is 7.34. The zero-order valence-corrected chi connectivity index (χ0v) is 18.6. The Morgan fingerprint density at radius 1 is 1.09 bits per heavy atom. The van der Waals surface area contributed by atoms with E-state index in [2.05, 4.69) is 4.98 Å². The maximum atomic E-state index is 13.9. The zero-order chi connectivity index (χ0) is 22.9. The van der Waals surface area contributed by atoms with Crippen LogP contribution in [-0.4, -0.2) is 28.5 Å². The lowest BCUT2D eigenvalue weighted by Crippen LogP contribution is -2.40. The first-order chi connectivity index (χ1) is 16.0. The number of benzene rings is 2. The number of ether oxygens (including phenoxy) is 1. The van der Waals surface area contributed by atoms with E-state index in [9.17, 15) is 14.0 Å². The minimum Gasteiger partial charge on any atom is -0.446 e. The van der Waals surface area contributed by atoms with Crippen LogP contribution in [0.2, 0.25) is 0 Å². The molecule has 2 aliphatic rings. The van der Waals surface area contributed by atoms with E-state index in [0.29, 0.717) is 5.92 Å². The smallest absolute Gasteiger partial charge is 0.417 e. The van der Waals surface area contributed by atoms with Crippen LogP contribution in [0.25, 0.3) is 10.9 Å². The second kappa shape index (κ2) is 8.93. The first kappa shape index (κ1) is 21.6. The molecule has 5 rings (SSSR count). The van der Waals surface area contributed by atoms with Gasteiger partial charge in [0, 0.05) is 17.5 Å². The second-order valence-electron chi connectivity index (χ2n) is 9.17. The molecule has 0 bridgehead atoms. The Morgan fingerprint density at radius 3 is 2.61 bits per heavy atom. The van der Waals surface area contributed by atoms with Gasteiger partial charge < -0.3 is 4.74 Å². The summed E-state index contributed by atoms with van der Waals surface area (Å²) in [6, 6.07) is 15.9. The number of carbonyl (C=O) groups excluding carboxylic acids is 2. The fourth-order valence-corrected chi connectivity index (χ4v) is 5.43. The number of carbonyl (C=O) groups is 2. The highest BCUT2D eigenvalue weighted by molar-refractivity contribution is 5.95. The Bertz CT molecular complexity index is 1170. The van der Waals surface area contributed by atoms with Crippen molar-refractivity contribution >= 4 is 22.9 Å². The van der Waals surface area contributed by atoms with E-state index in [1.165, 1.54) is 11.0 Å². The molecule has 0 radical (unpaired) electrons. The summed E-state index contributed by atoms with van der Waals surface area (Å²) in [7, 11) is 0. The molecule has 1 aromatic heterocycles. The zero-order valence-electron chi connectivity index (χ0n) is 18.6. The van der Waals surface area contributed by atoms with Gasteiger partial charge in [-0.3, -0.25) is 9.78 Å². The molecule has 170 valence electrons. The normalized spacial score (nSPS) is 24.0. The van der Waals surface area contributed by atoms with Crippen molar-refractivity contribution in [2.75, 3.05) is 6.61 Å². The molecule has 0 spiro atoms. The Kier molecular flexibility index (Phi) is 5.83. The van der Waals surface area contributed by atoms with Crippen LogP contribution in [0.5, 0.6) is 0 Å². The van der Waals surface area contributed by atoms with E-state index in [-0.39, 0.29) is 36.2 Å². The van der Waals surface area contributed by atoms with E-state index in [1.807, 2.05) is 43.3 Å². The van der Waals surface area contributed by atoms with Crippen molar-refractivity contribution in [3.05, 3.63) is 77.7 Å². The lowest BCUT2D eigenvalue weighted by atomic mass is 9.73. The van der Waals surface area contributed by atoms with Crippen LogP contribution in [0.1, 0.15) is 55.7 Å². The predicted octanol–water partition coefficient (Wildman–Crippen LogP) is 6.00. The van der Waals surface area contributed by atoms with Crippen LogP contribution in [0.4, 0.5) is 9.18 Å². The largest absolute Gasteiger partial charge is 0.446 e. The summed E-state index contributed by atoms with van der Waals surface area (Å²) in [6.45, 7) is 2.12. The molecule has 2 heterocycles. The van der Waals surface area contributed by atoms with E-state index < -0.39 is 6.09 Å². The average molecular weight is 447 g/mol. The van der Waals surface area contributed by atoms with Gasteiger partial charge in [-0.15, -0.1) is 0 Å². The minimum atomic E-state index is -0.556. The summed E-state index contributed by atoms with van der Waals surface area (Å²) in [5.41, 5.74) is 2.84. The number of hydrogen-bond donors (Lipinski definition) is 0. The SMILES string of the molecule is CC(C(=O)N1C(=O)OC[C@H]1c1ccccc1)[C@H]1CC[C@@H](c2ccnc3ccc(F)cc32)CC1. The molecule has 2 atom stereocenters. The van der Waals surface area contributed by atoms with Gasteiger partial charge in [0.1, 0.15) is 18.5 Å². The van der Waals surface area contributed by atoms with Crippen LogP contribution in [0, 0.1) is 17.7 Å². The van der Waals surface area contributed by atoms with E-state index >= 15 is 0 Å². The van der Waals surface area contributed by atoms with Crippen LogP contribution < -0.4 is 0 Å². The summed E-state index contributed by atoms with van der Waals surface area (Å²) < 4.78 is 19.1. The molecule has 1 aliphatic carbocycles. The van der Waals surface area contributed by atoms with Gasteiger partial charge in [-0.05, 0) is 72.9 Å². The number of imide groups is 1. The molecule has 33 heavy (non-hydrogen) atoms.